The van der Waals surface area contributed by atoms with Gasteiger partial charge >= 0.3 is 0 Å². The molecule has 0 spiro atoms. The van der Waals surface area contributed by atoms with Gasteiger partial charge in [0.05, 0.1) is 30.6 Å². The number of para-hydroxylation sites is 2. The van der Waals surface area contributed by atoms with Crippen molar-refractivity contribution in [3.05, 3.63) is 30.6 Å². The average molecular weight is 277 g/mol. The lowest BCUT2D eigenvalue weighted by Gasteiger charge is -2.20. The number of aromatic nitrogens is 2. The molecule has 0 aliphatic rings. The number of imidazole rings is 1. The van der Waals surface area contributed by atoms with Crippen molar-refractivity contribution in [2.75, 3.05) is 26.3 Å². The summed E-state index contributed by atoms with van der Waals surface area (Å²) in [6.45, 7) is 0.848. The Hall–Kier alpha value is -1.92. The van der Waals surface area contributed by atoms with Gasteiger partial charge in [-0.3, -0.25) is 4.79 Å². The summed E-state index contributed by atoms with van der Waals surface area (Å²) in [6.07, 6.45) is 2.04. The summed E-state index contributed by atoms with van der Waals surface area (Å²) < 4.78 is 1.93. The fourth-order valence-corrected chi connectivity index (χ4v) is 2.17. The molecule has 0 atom stereocenters. The third-order valence-electron chi connectivity index (χ3n) is 3.19. The summed E-state index contributed by atoms with van der Waals surface area (Å²) in [5.41, 5.74) is 1.90. The molecule has 1 aromatic heterocycles. The first-order valence-electron chi connectivity index (χ1n) is 6.65. The van der Waals surface area contributed by atoms with E-state index in [4.69, 9.17) is 10.2 Å². The van der Waals surface area contributed by atoms with Gasteiger partial charge < -0.3 is 19.7 Å². The van der Waals surface area contributed by atoms with Gasteiger partial charge in [0.15, 0.2) is 0 Å². The van der Waals surface area contributed by atoms with Gasteiger partial charge in [0.25, 0.3) is 0 Å². The molecule has 0 radical (unpaired) electrons. The van der Waals surface area contributed by atoms with E-state index in [9.17, 15) is 4.79 Å². The summed E-state index contributed by atoms with van der Waals surface area (Å²) in [5, 5.41) is 17.8. The highest BCUT2D eigenvalue weighted by Crippen LogP contribution is 2.12. The van der Waals surface area contributed by atoms with Crippen LogP contribution in [-0.2, 0) is 11.3 Å². The SMILES string of the molecule is O=C(CCn1cnc2ccccc21)N(CCO)CCO. The molecule has 1 amide bonds. The highest BCUT2D eigenvalue weighted by Gasteiger charge is 2.12. The molecule has 1 heterocycles. The first-order chi connectivity index (χ1) is 9.76. The van der Waals surface area contributed by atoms with Crippen LogP contribution in [0.3, 0.4) is 0 Å². The van der Waals surface area contributed by atoms with Crippen LogP contribution >= 0.6 is 0 Å². The van der Waals surface area contributed by atoms with Crippen LogP contribution in [0, 0.1) is 0 Å². The van der Waals surface area contributed by atoms with Crippen LogP contribution < -0.4 is 0 Å². The second-order valence-corrected chi connectivity index (χ2v) is 4.50. The Labute approximate surface area is 117 Å². The molecule has 6 heteroatoms. The molecule has 0 bridgehead atoms. The van der Waals surface area contributed by atoms with Crippen molar-refractivity contribution >= 4 is 16.9 Å². The number of aliphatic hydroxyl groups is 2. The highest BCUT2D eigenvalue weighted by atomic mass is 16.3. The van der Waals surface area contributed by atoms with Crippen LogP contribution in [0.2, 0.25) is 0 Å². The van der Waals surface area contributed by atoms with Crippen LogP contribution in [0.1, 0.15) is 6.42 Å². The van der Waals surface area contributed by atoms with E-state index >= 15 is 0 Å². The maximum Gasteiger partial charge on any atom is 0.224 e. The van der Waals surface area contributed by atoms with Crippen molar-refractivity contribution in [1.82, 2.24) is 14.5 Å². The lowest BCUT2D eigenvalue weighted by Crippen LogP contribution is -2.36. The number of rotatable bonds is 7. The van der Waals surface area contributed by atoms with E-state index in [0.29, 0.717) is 13.0 Å². The Morgan fingerprint density at radius 2 is 1.90 bits per heavy atom. The van der Waals surface area contributed by atoms with Crippen LogP contribution in [-0.4, -0.2) is 56.9 Å². The number of fused-ring (bicyclic) bond motifs is 1. The van der Waals surface area contributed by atoms with Crippen molar-refractivity contribution in [2.45, 2.75) is 13.0 Å². The first-order valence-corrected chi connectivity index (χ1v) is 6.65. The zero-order valence-corrected chi connectivity index (χ0v) is 11.3. The summed E-state index contributed by atoms with van der Waals surface area (Å²) in [7, 11) is 0. The standard InChI is InChI=1S/C14H19N3O3/c18-9-7-16(8-10-19)14(20)5-6-17-11-15-12-3-1-2-4-13(12)17/h1-4,11,18-19H,5-10H2. The Bertz CT molecular complexity index is 562. The topological polar surface area (TPSA) is 78.6 Å². The average Bonchev–Trinajstić information content (AvgIpc) is 2.88. The molecule has 1 aromatic carbocycles. The molecule has 2 rings (SSSR count). The van der Waals surface area contributed by atoms with E-state index in [1.807, 2.05) is 28.8 Å². The third kappa shape index (κ3) is 3.34. The van der Waals surface area contributed by atoms with Crippen molar-refractivity contribution in [3.63, 3.8) is 0 Å². The fraction of sp³-hybridized carbons (Fsp3) is 0.429. The summed E-state index contributed by atoms with van der Waals surface area (Å²) in [5.74, 6) is -0.0779. The molecule has 0 aliphatic heterocycles. The molecule has 2 N–H and O–H groups in total. The zero-order valence-electron chi connectivity index (χ0n) is 11.3. The number of carbonyl (C=O) groups excluding carboxylic acids is 1. The van der Waals surface area contributed by atoms with Gasteiger partial charge in [-0.2, -0.15) is 0 Å². The van der Waals surface area contributed by atoms with E-state index in [1.165, 1.54) is 4.90 Å². The second-order valence-electron chi connectivity index (χ2n) is 4.50. The van der Waals surface area contributed by atoms with Gasteiger partial charge in [0.2, 0.25) is 5.91 Å². The van der Waals surface area contributed by atoms with Crippen molar-refractivity contribution in [2.24, 2.45) is 0 Å². The Morgan fingerprint density at radius 1 is 1.20 bits per heavy atom. The van der Waals surface area contributed by atoms with Crippen LogP contribution in [0.5, 0.6) is 0 Å². The van der Waals surface area contributed by atoms with E-state index in [-0.39, 0.29) is 32.2 Å². The van der Waals surface area contributed by atoms with Crippen molar-refractivity contribution < 1.29 is 15.0 Å². The summed E-state index contributed by atoms with van der Waals surface area (Å²) in [4.78, 5) is 17.8. The molecule has 20 heavy (non-hydrogen) atoms. The van der Waals surface area contributed by atoms with Crippen LogP contribution in [0.25, 0.3) is 11.0 Å². The van der Waals surface area contributed by atoms with Crippen molar-refractivity contribution in [1.29, 1.82) is 0 Å². The fourth-order valence-electron chi connectivity index (χ4n) is 2.17. The highest BCUT2D eigenvalue weighted by molar-refractivity contribution is 5.77. The van der Waals surface area contributed by atoms with Crippen LogP contribution in [0.15, 0.2) is 30.6 Å². The number of amides is 1. The number of carbonyl (C=O) groups is 1. The molecule has 0 fully saturated rings. The quantitative estimate of drug-likeness (QED) is 0.760. The predicted octanol–water partition coefficient (Wildman–Crippen LogP) is 0.240. The summed E-state index contributed by atoms with van der Waals surface area (Å²) in [6, 6.07) is 7.75. The Morgan fingerprint density at radius 3 is 2.60 bits per heavy atom. The van der Waals surface area contributed by atoms with Gasteiger partial charge in [-0.05, 0) is 12.1 Å². The minimum absolute atomic E-state index is 0.0779. The third-order valence-corrected chi connectivity index (χ3v) is 3.19. The van der Waals surface area contributed by atoms with E-state index in [1.54, 1.807) is 6.33 Å². The smallest absolute Gasteiger partial charge is 0.224 e. The molecule has 108 valence electrons. The Kier molecular flexibility index (Phi) is 5.09. The molecule has 0 saturated heterocycles. The van der Waals surface area contributed by atoms with E-state index in [2.05, 4.69) is 4.98 Å². The molecule has 0 aliphatic carbocycles. The zero-order chi connectivity index (χ0) is 14.4. The molecule has 2 aromatic rings. The second kappa shape index (κ2) is 7.02. The number of benzene rings is 1. The van der Waals surface area contributed by atoms with Gasteiger partial charge in [-0.1, -0.05) is 12.1 Å². The number of hydrogen-bond donors (Lipinski definition) is 2. The van der Waals surface area contributed by atoms with Gasteiger partial charge in [-0.25, -0.2) is 4.98 Å². The molecule has 0 unspecified atom stereocenters. The lowest BCUT2D eigenvalue weighted by atomic mass is 10.3. The van der Waals surface area contributed by atoms with Crippen LogP contribution in [0.4, 0.5) is 0 Å². The normalized spacial score (nSPS) is 10.9. The van der Waals surface area contributed by atoms with E-state index in [0.717, 1.165) is 11.0 Å². The number of hydrogen-bond acceptors (Lipinski definition) is 4. The monoisotopic (exact) mass is 277 g/mol. The van der Waals surface area contributed by atoms with E-state index < -0.39 is 0 Å². The number of aryl methyl sites for hydroxylation is 1. The first kappa shape index (κ1) is 14.5. The number of nitrogens with zero attached hydrogens (tertiary/aromatic N) is 3. The maximum absolute atomic E-state index is 12.0. The van der Waals surface area contributed by atoms with Gasteiger partial charge in [0.1, 0.15) is 0 Å². The Balaban J connectivity index is 1.98. The van der Waals surface area contributed by atoms with Crippen molar-refractivity contribution in [3.8, 4) is 0 Å². The van der Waals surface area contributed by atoms with Gasteiger partial charge in [0, 0.05) is 26.1 Å². The molecular weight excluding hydrogens is 258 g/mol. The lowest BCUT2D eigenvalue weighted by molar-refractivity contribution is -0.132. The largest absolute Gasteiger partial charge is 0.395 e. The number of aliphatic hydroxyl groups excluding tert-OH is 2. The van der Waals surface area contributed by atoms with Gasteiger partial charge in [-0.15, -0.1) is 0 Å². The maximum atomic E-state index is 12.0. The summed E-state index contributed by atoms with van der Waals surface area (Å²) >= 11 is 0. The predicted molar refractivity (Wildman–Crippen MR) is 75.1 cm³/mol. The molecule has 6 nitrogen and oxygen atoms in total. The molecular formula is C14H19N3O3. The minimum atomic E-state index is -0.0975. The minimum Gasteiger partial charge on any atom is -0.395 e. The molecule has 0 saturated carbocycles.